The Morgan fingerprint density at radius 1 is 1.28 bits per heavy atom. The van der Waals surface area contributed by atoms with Crippen LogP contribution < -0.4 is 0 Å². The maximum atomic E-state index is 10.3. The molecule has 3 N–H and O–H groups in total. The van der Waals surface area contributed by atoms with E-state index >= 15 is 0 Å². The van der Waals surface area contributed by atoms with Gasteiger partial charge in [0.25, 0.3) is 0 Å². The minimum atomic E-state index is -1.08. The van der Waals surface area contributed by atoms with Crippen molar-refractivity contribution in [1.29, 1.82) is 0 Å². The average molecular weight is 264 g/mol. The van der Waals surface area contributed by atoms with Crippen molar-refractivity contribution in [2.75, 3.05) is 20.3 Å². The highest BCUT2D eigenvalue weighted by atomic mass is 16.6. The van der Waals surface area contributed by atoms with Crippen LogP contribution in [0.3, 0.4) is 0 Å². The smallest absolute Gasteiger partial charge is 0.329 e. The van der Waals surface area contributed by atoms with E-state index in [1.165, 1.54) is 7.11 Å². The summed E-state index contributed by atoms with van der Waals surface area (Å²) in [5.74, 6) is -1.08. The molecule has 0 spiro atoms. The first-order chi connectivity index (χ1) is 8.51. The Balaban J connectivity index is 2.59. The molecule has 1 aliphatic heterocycles. The zero-order valence-corrected chi connectivity index (χ0v) is 10.5. The summed E-state index contributed by atoms with van der Waals surface area (Å²) in [6, 6.07) is 0. The van der Waals surface area contributed by atoms with Crippen molar-refractivity contribution >= 4 is 5.97 Å². The zero-order chi connectivity index (χ0) is 13.7. The Kier molecular flexibility index (Phi) is 5.97. The predicted octanol–water partition coefficient (Wildman–Crippen LogP) is -0.998. The number of aliphatic hydroxyl groups is 2. The fraction of sp³-hybridized carbons (Fsp3) is 0.909. The number of aliphatic carboxylic acids is 1. The lowest BCUT2D eigenvalue weighted by Gasteiger charge is -2.41. The molecule has 0 amide bonds. The quantitative estimate of drug-likeness (QED) is 0.565. The highest BCUT2D eigenvalue weighted by molar-refractivity contribution is 5.67. The van der Waals surface area contributed by atoms with E-state index in [4.69, 9.17) is 19.3 Å². The molecule has 0 aromatic rings. The van der Waals surface area contributed by atoms with E-state index < -0.39 is 43.1 Å². The molecule has 1 rings (SSSR count). The predicted molar refractivity (Wildman–Crippen MR) is 60.2 cm³/mol. The average Bonchev–Trinajstić information content (AvgIpc) is 2.33. The van der Waals surface area contributed by atoms with E-state index in [0.29, 0.717) is 6.42 Å². The van der Waals surface area contributed by atoms with E-state index in [2.05, 4.69) is 0 Å². The number of aliphatic hydroxyl groups excluding tert-OH is 2. The second kappa shape index (κ2) is 7.01. The first-order valence-corrected chi connectivity index (χ1v) is 5.85. The molecule has 1 fully saturated rings. The SMILES string of the molecule is CC[C@@H]1OC(COCC(=O)O)[C@@H](OC)[C@@H](O)C1O. The molecule has 5 atom stereocenters. The maximum absolute atomic E-state index is 10.3. The number of hydrogen-bond acceptors (Lipinski definition) is 6. The van der Waals surface area contributed by atoms with Crippen LogP contribution in [0, 0.1) is 0 Å². The molecule has 0 aromatic heterocycles. The van der Waals surface area contributed by atoms with Gasteiger partial charge in [-0.1, -0.05) is 6.92 Å². The van der Waals surface area contributed by atoms with Gasteiger partial charge in [-0.3, -0.25) is 0 Å². The highest BCUT2D eigenvalue weighted by Crippen LogP contribution is 2.25. The first-order valence-electron chi connectivity index (χ1n) is 5.85. The van der Waals surface area contributed by atoms with Gasteiger partial charge in [-0.15, -0.1) is 0 Å². The molecule has 0 aromatic carbocycles. The van der Waals surface area contributed by atoms with Crippen LogP contribution in [-0.2, 0) is 19.0 Å². The van der Waals surface area contributed by atoms with Gasteiger partial charge in [0.05, 0.1) is 12.7 Å². The third-order valence-corrected chi connectivity index (χ3v) is 2.97. The molecule has 7 nitrogen and oxygen atoms in total. The van der Waals surface area contributed by atoms with E-state index in [9.17, 15) is 15.0 Å². The summed E-state index contributed by atoms with van der Waals surface area (Å²) in [4.78, 5) is 10.3. The van der Waals surface area contributed by atoms with Crippen LogP contribution >= 0.6 is 0 Å². The Morgan fingerprint density at radius 3 is 2.44 bits per heavy atom. The van der Waals surface area contributed by atoms with Gasteiger partial charge in [0.1, 0.15) is 31.0 Å². The lowest BCUT2D eigenvalue weighted by molar-refractivity contribution is -0.239. The standard InChI is InChI=1S/C11H20O7/c1-3-6-9(14)10(15)11(16-2)7(18-6)4-17-5-8(12)13/h6-7,9-11,14-15H,3-5H2,1-2H3,(H,12,13)/t6-,7?,9?,10-,11+/m0/s1. The fourth-order valence-electron chi connectivity index (χ4n) is 2.04. The normalized spacial score (nSPS) is 36.6. The van der Waals surface area contributed by atoms with Crippen LogP contribution in [0.2, 0.25) is 0 Å². The van der Waals surface area contributed by atoms with Gasteiger partial charge in [0.15, 0.2) is 0 Å². The summed E-state index contributed by atoms with van der Waals surface area (Å²) in [6.07, 6.45) is -3.41. The van der Waals surface area contributed by atoms with E-state index in [1.807, 2.05) is 6.92 Å². The molecular formula is C11H20O7. The molecule has 1 aliphatic rings. The Bertz CT molecular complexity index is 270. The Hall–Kier alpha value is -0.730. The van der Waals surface area contributed by atoms with Gasteiger partial charge < -0.3 is 29.5 Å². The van der Waals surface area contributed by atoms with Crippen molar-refractivity contribution in [1.82, 2.24) is 0 Å². The van der Waals surface area contributed by atoms with Crippen molar-refractivity contribution in [2.45, 2.75) is 43.9 Å². The van der Waals surface area contributed by atoms with Crippen LogP contribution in [0.25, 0.3) is 0 Å². The molecule has 0 bridgehead atoms. The van der Waals surface area contributed by atoms with Gasteiger partial charge in [-0.05, 0) is 6.42 Å². The zero-order valence-electron chi connectivity index (χ0n) is 10.5. The Labute approximate surface area is 105 Å². The second-order valence-corrected chi connectivity index (χ2v) is 4.21. The number of rotatable bonds is 6. The monoisotopic (exact) mass is 264 g/mol. The van der Waals surface area contributed by atoms with Crippen LogP contribution in [0.1, 0.15) is 13.3 Å². The molecule has 1 heterocycles. The first kappa shape index (κ1) is 15.3. The number of ether oxygens (including phenoxy) is 3. The van der Waals surface area contributed by atoms with Gasteiger partial charge >= 0.3 is 5.97 Å². The number of methoxy groups -OCH3 is 1. The van der Waals surface area contributed by atoms with E-state index in [-0.39, 0.29) is 6.61 Å². The molecule has 7 heteroatoms. The fourth-order valence-corrected chi connectivity index (χ4v) is 2.04. The van der Waals surface area contributed by atoms with Crippen LogP contribution in [0.4, 0.5) is 0 Å². The molecule has 0 radical (unpaired) electrons. The van der Waals surface area contributed by atoms with Crippen LogP contribution in [0.5, 0.6) is 0 Å². The van der Waals surface area contributed by atoms with Crippen molar-refractivity contribution < 1.29 is 34.3 Å². The molecule has 106 valence electrons. The highest BCUT2D eigenvalue weighted by Gasteiger charge is 2.43. The number of carboxylic acids is 1. The molecule has 0 saturated carbocycles. The van der Waals surface area contributed by atoms with Gasteiger partial charge in [-0.25, -0.2) is 4.79 Å². The largest absolute Gasteiger partial charge is 0.480 e. The third-order valence-electron chi connectivity index (χ3n) is 2.97. The van der Waals surface area contributed by atoms with Gasteiger partial charge in [0.2, 0.25) is 0 Å². The lowest BCUT2D eigenvalue weighted by Crippen LogP contribution is -2.59. The summed E-state index contributed by atoms with van der Waals surface area (Å²) in [5.41, 5.74) is 0. The van der Waals surface area contributed by atoms with E-state index in [0.717, 1.165) is 0 Å². The van der Waals surface area contributed by atoms with Crippen molar-refractivity contribution in [3.63, 3.8) is 0 Å². The van der Waals surface area contributed by atoms with E-state index in [1.54, 1.807) is 0 Å². The summed E-state index contributed by atoms with van der Waals surface area (Å²) >= 11 is 0. The molecule has 18 heavy (non-hydrogen) atoms. The van der Waals surface area contributed by atoms with Crippen molar-refractivity contribution in [3.05, 3.63) is 0 Å². The molecule has 1 saturated heterocycles. The topological polar surface area (TPSA) is 105 Å². The maximum Gasteiger partial charge on any atom is 0.329 e. The molecular weight excluding hydrogens is 244 g/mol. The summed E-state index contributed by atoms with van der Waals surface area (Å²) in [6.45, 7) is 1.37. The molecule has 0 aliphatic carbocycles. The minimum absolute atomic E-state index is 0.00884. The van der Waals surface area contributed by atoms with Crippen LogP contribution in [-0.4, -0.2) is 72.1 Å². The van der Waals surface area contributed by atoms with Gasteiger partial charge in [-0.2, -0.15) is 0 Å². The number of carboxylic acid groups (broad SMARTS) is 1. The lowest BCUT2D eigenvalue weighted by atomic mass is 9.94. The summed E-state index contributed by atoms with van der Waals surface area (Å²) < 4.78 is 15.6. The van der Waals surface area contributed by atoms with Crippen molar-refractivity contribution in [2.24, 2.45) is 0 Å². The summed E-state index contributed by atoms with van der Waals surface area (Å²) in [5, 5.41) is 28.1. The van der Waals surface area contributed by atoms with Gasteiger partial charge in [0, 0.05) is 7.11 Å². The van der Waals surface area contributed by atoms with Crippen molar-refractivity contribution in [3.8, 4) is 0 Å². The summed E-state index contributed by atoms with van der Waals surface area (Å²) in [7, 11) is 1.39. The minimum Gasteiger partial charge on any atom is -0.480 e. The second-order valence-electron chi connectivity index (χ2n) is 4.21. The Morgan fingerprint density at radius 2 is 1.94 bits per heavy atom. The van der Waals surface area contributed by atoms with Crippen LogP contribution in [0.15, 0.2) is 0 Å². The number of carbonyl (C=O) groups is 1. The number of hydrogen-bond donors (Lipinski definition) is 3. The third kappa shape index (κ3) is 3.63. The molecule has 2 unspecified atom stereocenters.